The van der Waals surface area contributed by atoms with Crippen LogP contribution in [0.4, 0.5) is 0 Å². The molecule has 0 bridgehead atoms. The van der Waals surface area contributed by atoms with Gasteiger partial charge in [0.1, 0.15) is 5.75 Å². The molecule has 1 N–H and O–H groups in total. The van der Waals surface area contributed by atoms with Crippen molar-refractivity contribution >= 4 is 5.97 Å². The summed E-state index contributed by atoms with van der Waals surface area (Å²) in [5.74, 6) is 0.740. The summed E-state index contributed by atoms with van der Waals surface area (Å²) in [7, 11) is 1.40. The van der Waals surface area contributed by atoms with Crippen LogP contribution >= 0.6 is 0 Å². The van der Waals surface area contributed by atoms with E-state index in [9.17, 15) is 4.79 Å². The normalized spacial score (nSPS) is 10.3. The van der Waals surface area contributed by atoms with Crippen LogP contribution in [0.3, 0.4) is 0 Å². The van der Waals surface area contributed by atoms with Crippen LogP contribution in [0, 0.1) is 6.92 Å². The first-order chi connectivity index (χ1) is 9.69. The third kappa shape index (κ3) is 5.61. The topological polar surface area (TPSA) is 47.6 Å². The lowest BCUT2D eigenvalue weighted by Crippen LogP contribution is -2.15. The summed E-state index contributed by atoms with van der Waals surface area (Å²) in [5.41, 5.74) is 2.29. The number of ether oxygens (including phenoxy) is 2. The molecule has 0 unspecified atom stereocenters. The molecule has 0 atom stereocenters. The summed E-state index contributed by atoms with van der Waals surface area (Å²) >= 11 is 0. The zero-order valence-electron chi connectivity index (χ0n) is 12.7. The van der Waals surface area contributed by atoms with Crippen LogP contribution in [0.25, 0.3) is 0 Å². The Morgan fingerprint density at radius 1 is 1.35 bits per heavy atom. The van der Waals surface area contributed by atoms with Gasteiger partial charge in [0, 0.05) is 18.5 Å². The van der Waals surface area contributed by atoms with E-state index in [0.29, 0.717) is 19.4 Å². The van der Waals surface area contributed by atoms with Crippen molar-refractivity contribution in [1.29, 1.82) is 0 Å². The minimum Gasteiger partial charge on any atom is -0.493 e. The smallest absolute Gasteiger partial charge is 0.305 e. The van der Waals surface area contributed by atoms with E-state index in [1.807, 2.05) is 19.1 Å². The molecule has 1 aromatic rings. The highest BCUT2D eigenvalue weighted by Crippen LogP contribution is 2.23. The van der Waals surface area contributed by atoms with Gasteiger partial charge >= 0.3 is 5.97 Å². The van der Waals surface area contributed by atoms with Crippen molar-refractivity contribution in [3.8, 4) is 5.75 Å². The van der Waals surface area contributed by atoms with Crippen molar-refractivity contribution in [2.24, 2.45) is 0 Å². The van der Waals surface area contributed by atoms with Gasteiger partial charge in [-0.2, -0.15) is 0 Å². The second kappa shape index (κ2) is 9.37. The number of aryl methyl sites for hydroxylation is 1. The maximum Gasteiger partial charge on any atom is 0.305 e. The van der Waals surface area contributed by atoms with Gasteiger partial charge in [-0.3, -0.25) is 4.79 Å². The van der Waals surface area contributed by atoms with Crippen molar-refractivity contribution in [3.05, 3.63) is 29.3 Å². The molecule has 0 fully saturated rings. The molecule has 0 spiro atoms. The molecule has 0 aliphatic rings. The molecule has 1 rings (SSSR count). The second-order valence-corrected chi connectivity index (χ2v) is 4.77. The lowest BCUT2D eigenvalue weighted by molar-refractivity contribution is -0.140. The minimum atomic E-state index is -0.191. The molecule has 0 heterocycles. The number of hydrogen-bond donors (Lipinski definition) is 1. The molecule has 0 aliphatic heterocycles. The molecule has 4 heteroatoms. The Hall–Kier alpha value is -1.55. The molecule has 0 radical (unpaired) electrons. The van der Waals surface area contributed by atoms with E-state index in [2.05, 4.69) is 23.0 Å². The Balaban J connectivity index is 2.51. The SMILES string of the molecule is CCCNCc1cccc(C)c1OCCCC(=O)OC. The Morgan fingerprint density at radius 2 is 2.15 bits per heavy atom. The third-order valence-electron chi connectivity index (χ3n) is 3.03. The van der Waals surface area contributed by atoms with Crippen molar-refractivity contribution < 1.29 is 14.3 Å². The average Bonchev–Trinajstić information content (AvgIpc) is 2.45. The minimum absolute atomic E-state index is 0.191. The number of methoxy groups -OCH3 is 1. The van der Waals surface area contributed by atoms with Gasteiger partial charge in [-0.1, -0.05) is 25.1 Å². The molecule has 0 aliphatic carbocycles. The van der Waals surface area contributed by atoms with Crippen LogP contribution in [0.5, 0.6) is 5.75 Å². The van der Waals surface area contributed by atoms with Crippen molar-refractivity contribution in [2.75, 3.05) is 20.3 Å². The lowest BCUT2D eigenvalue weighted by atomic mass is 10.1. The number of esters is 1. The number of carbonyl (C=O) groups is 1. The Morgan fingerprint density at radius 3 is 2.85 bits per heavy atom. The molecule has 0 saturated heterocycles. The maximum atomic E-state index is 11.0. The number of benzene rings is 1. The maximum absolute atomic E-state index is 11.0. The van der Waals surface area contributed by atoms with E-state index in [1.54, 1.807) is 0 Å². The highest BCUT2D eigenvalue weighted by Gasteiger charge is 2.07. The van der Waals surface area contributed by atoms with Crippen LogP contribution in [-0.2, 0) is 16.1 Å². The predicted molar refractivity (Wildman–Crippen MR) is 79.9 cm³/mol. The van der Waals surface area contributed by atoms with E-state index in [-0.39, 0.29) is 5.97 Å². The molecular weight excluding hydrogens is 254 g/mol. The summed E-state index contributed by atoms with van der Waals surface area (Å²) in [6.45, 7) is 6.52. The van der Waals surface area contributed by atoms with Gasteiger partial charge in [0.05, 0.1) is 13.7 Å². The zero-order valence-corrected chi connectivity index (χ0v) is 12.7. The molecule has 4 nitrogen and oxygen atoms in total. The highest BCUT2D eigenvalue weighted by molar-refractivity contribution is 5.69. The molecule has 1 aromatic carbocycles. The van der Waals surface area contributed by atoms with Crippen LogP contribution in [0.2, 0.25) is 0 Å². The number of carbonyl (C=O) groups excluding carboxylic acids is 1. The molecular formula is C16H25NO3. The molecule has 112 valence electrons. The van der Waals surface area contributed by atoms with Crippen LogP contribution in [-0.4, -0.2) is 26.2 Å². The fourth-order valence-electron chi connectivity index (χ4n) is 1.95. The number of rotatable bonds is 9. The number of nitrogens with one attached hydrogen (secondary N) is 1. The van der Waals surface area contributed by atoms with Crippen molar-refractivity contribution in [3.63, 3.8) is 0 Å². The molecule has 0 saturated carbocycles. The van der Waals surface area contributed by atoms with Gasteiger partial charge in [-0.25, -0.2) is 0 Å². The van der Waals surface area contributed by atoms with E-state index in [4.69, 9.17) is 4.74 Å². The third-order valence-corrected chi connectivity index (χ3v) is 3.03. The lowest BCUT2D eigenvalue weighted by Gasteiger charge is -2.14. The first-order valence-corrected chi connectivity index (χ1v) is 7.17. The van der Waals surface area contributed by atoms with Gasteiger partial charge in [0.15, 0.2) is 0 Å². The first kappa shape index (κ1) is 16.5. The van der Waals surface area contributed by atoms with Crippen LogP contribution in [0.1, 0.15) is 37.3 Å². The fraction of sp³-hybridized carbons (Fsp3) is 0.562. The number of hydrogen-bond acceptors (Lipinski definition) is 4. The van der Waals surface area contributed by atoms with E-state index < -0.39 is 0 Å². The molecule has 20 heavy (non-hydrogen) atoms. The summed E-state index contributed by atoms with van der Waals surface area (Å²) in [5, 5.41) is 3.38. The van der Waals surface area contributed by atoms with Gasteiger partial charge < -0.3 is 14.8 Å². The van der Waals surface area contributed by atoms with Gasteiger partial charge in [0.25, 0.3) is 0 Å². The van der Waals surface area contributed by atoms with Crippen molar-refractivity contribution in [1.82, 2.24) is 5.32 Å². The standard InChI is InChI=1S/C16H25NO3/c1-4-10-17-12-14-8-5-7-13(2)16(14)20-11-6-9-15(18)19-3/h5,7-8,17H,4,6,9-12H2,1-3H3. The highest BCUT2D eigenvalue weighted by atomic mass is 16.5. The zero-order chi connectivity index (χ0) is 14.8. The predicted octanol–water partition coefficient (Wildman–Crippen LogP) is 2.83. The summed E-state index contributed by atoms with van der Waals surface area (Å²) < 4.78 is 10.5. The van der Waals surface area contributed by atoms with Gasteiger partial charge in [-0.15, -0.1) is 0 Å². The Bertz CT molecular complexity index is 418. The van der Waals surface area contributed by atoms with E-state index in [0.717, 1.165) is 36.4 Å². The summed E-state index contributed by atoms with van der Waals surface area (Å²) in [6, 6.07) is 6.16. The Labute approximate surface area is 121 Å². The largest absolute Gasteiger partial charge is 0.493 e. The van der Waals surface area contributed by atoms with E-state index in [1.165, 1.54) is 7.11 Å². The molecule has 0 aromatic heterocycles. The monoisotopic (exact) mass is 279 g/mol. The quantitative estimate of drug-likeness (QED) is 0.558. The van der Waals surface area contributed by atoms with Gasteiger partial charge in [-0.05, 0) is 31.9 Å². The average molecular weight is 279 g/mol. The molecule has 0 amide bonds. The fourth-order valence-corrected chi connectivity index (χ4v) is 1.95. The summed E-state index contributed by atoms with van der Waals surface area (Å²) in [6.07, 6.45) is 2.18. The number of para-hydroxylation sites is 1. The van der Waals surface area contributed by atoms with Crippen molar-refractivity contribution in [2.45, 2.75) is 39.7 Å². The summed E-state index contributed by atoms with van der Waals surface area (Å²) in [4.78, 5) is 11.0. The second-order valence-electron chi connectivity index (χ2n) is 4.77. The first-order valence-electron chi connectivity index (χ1n) is 7.17. The van der Waals surface area contributed by atoms with Crippen LogP contribution in [0.15, 0.2) is 18.2 Å². The van der Waals surface area contributed by atoms with Crippen LogP contribution < -0.4 is 10.1 Å². The van der Waals surface area contributed by atoms with Gasteiger partial charge in [0.2, 0.25) is 0 Å². The Kier molecular flexibility index (Phi) is 7.73. The van der Waals surface area contributed by atoms with E-state index >= 15 is 0 Å².